The SMILES string of the molecule is CC1(C)CC2CC(C)(CN2C[C@H]2C[C@@H](c3ccc(CO)cc3)O[C@@H](c3ccc(NC(=O)c4ccccc4)cc3)O2)C1. The number of anilines is 1. The van der Waals surface area contributed by atoms with Gasteiger partial charge in [0.15, 0.2) is 6.29 Å². The van der Waals surface area contributed by atoms with Gasteiger partial charge < -0.3 is 19.9 Å². The summed E-state index contributed by atoms with van der Waals surface area (Å²) < 4.78 is 13.2. The quantitative estimate of drug-likeness (QED) is 0.333. The molecule has 2 saturated heterocycles. The zero-order valence-electron chi connectivity index (χ0n) is 24.4. The fourth-order valence-electron chi connectivity index (χ4n) is 7.60. The van der Waals surface area contributed by atoms with Crippen molar-refractivity contribution in [2.45, 2.75) is 77.6 Å². The Hall–Kier alpha value is -3.03. The van der Waals surface area contributed by atoms with Crippen LogP contribution in [0.4, 0.5) is 5.69 Å². The fourth-order valence-corrected chi connectivity index (χ4v) is 7.60. The van der Waals surface area contributed by atoms with Gasteiger partial charge in [-0.05, 0) is 65.5 Å². The average Bonchev–Trinajstić information content (AvgIpc) is 3.20. The predicted molar refractivity (Wildman–Crippen MR) is 160 cm³/mol. The Morgan fingerprint density at radius 1 is 0.927 bits per heavy atom. The Morgan fingerprint density at radius 3 is 2.34 bits per heavy atom. The van der Waals surface area contributed by atoms with Crippen LogP contribution in [0.1, 0.15) is 85.9 Å². The summed E-state index contributed by atoms with van der Waals surface area (Å²) in [7, 11) is 0. The minimum absolute atomic E-state index is 0.0266. The van der Waals surface area contributed by atoms with Gasteiger partial charge in [0, 0.05) is 42.4 Å². The van der Waals surface area contributed by atoms with E-state index in [2.05, 4.69) is 43.1 Å². The lowest BCUT2D eigenvalue weighted by atomic mass is 9.65. The molecule has 6 heteroatoms. The molecule has 2 bridgehead atoms. The van der Waals surface area contributed by atoms with Crippen LogP contribution in [-0.4, -0.2) is 41.1 Å². The van der Waals surface area contributed by atoms with Gasteiger partial charge in [-0.3, -0.25) is 9.69 Å². The number of hydrogen-bond acceptors (Lipinski definition) is 5. The van der Waals surface area contributed by atoms with E-state index in [0.717, 1.165) is 41.9 Å². The van der Waals surface area contributed by atoms with Crippen molar-refractivity contribution in [1.82, 2.24) is 4.90 Å². The van der Waals surface area contributed by atoms with Crippen LogP contribution in [0.3, 0.4) is 0 Å². The number of nitrogens with one attached hydrogen (secondary N) is 1. The largest absolute Gasteiger partial charge is 0.392 e. The Labute approximate surface area is 243 Å². The molecule has 2 unspecified atom stereocenters. The summed E-state index contributed by atoms with van der Waals surface area (Å²) in [5, 5.41) is 12.5. The maximum absolute atomic E-state index is 12.6. The van der Waals surface area contributed by atoms with E-state index in [-0.39, 0.29) is 24.7 Å². The summed E-state index contributed by atoms with van der Waals surface area (Å²) in [5.41, 5.74) is 5.01. The van der Waals surface area contributed by atoms with Crippen LogP contribution >= 0.6 is 0 Å². The summed E-state index contributed by atoms with van der Waals surface area (Å²) >= 11 is 0. The fraction of sp³-hybridized carbons (Fsp3) is 0.457. The van der Waals surface area contributed by atoms with E-state index in [0.29, 0.717) is 22.4 Å². The van der Waals surface area contributed by atoms with Crippen LogP contribution < -0.4 is 5.32 Å². The van der Waals surface area contributed by atoms with Crippen molar-refractivity contribution in [2.24, 2.45) is 10.8 Å². The van der Waals surface area contributed by atoms with Gasteiger partial charge in [0.05, 0.1) is 18.8 Å². The number of aliphatic hydroxyl groups is 1. The number of likely N-dealkylation sites (tertiary alicyclic amines) is 1. The molecule has 3 fully saturated rings. The Balaban J connectivity index is 1.19. The summed E-state index contributed by atoms with van der Waals surface area (Å²) in [5.74, 6) is -0.136. The number of carbonyl (C=O) groups excluding carboxylic acids is 1. The molecule has 2 heterocycles. The van der Waals surface area contributed by atoms with Crippen molar-refractivity contribution in [3.05, 3.63) is 101 Å². The second-order valence-electron chi connectivity index (χ2n) is 13.4. The van der Waals surface area contributed by atoms with Crippen LogP contribution in [0.5, 0.6) is 0 Å². The molecule has 6 nitrogen and oxygen atoms in total. The van der Waals surface area contributed by atoms with Crippen LogP contribution in [-0.2, 0) is 16.1 Å². The molecule has 6 rings (SSSR count). The number of fused-ring (bicyclic) bond motifs is 2. The van der Waals surface area contributed by atoms with E-state index < -0.39 is 6.29 Å². The maximum atomic E-state index is 12.6. The molecule has 1 amide bonds. The first kappa shape index (κ1) is 28.1. The standard InChI is InChI=1S/C35H42N2O4/c1-34(2)18-29-19-35(3,22-34)23-37(29)20-30-17-31(25-11-9-24(21-38)10-12-25)41-33(40-30)27-13-15-28(16-14-27)36-32(39)26-7-5-4-6-8-26/h4-16,29-31,33,38H,17-23H2,1-3H3,(H,36,39)/t29?,30-,31+,33+,35?/m1/s1. The highest BCUT2D eigenvalue weighted by Gasteiger charge is 2.50. The van der Waals surface area contributed by atoms with E-state index in [1.165, 1.54) is 19.3 Å². The Kier molecular flexibility index (Phi) is 7.77. The van der Waals surface area contributed by atoms with Crippen LogP contribution in [0.2, 0.25) is 0 Å². The number of hydrogen-bond donors (Lipinski definition) is 2. The van der Waals surface area contributed by atoms with E-state index in [1.54, 1.807) is 12.1 Å². The maximum Gasteiger partial charge on any atom is 0.255 e. The van der Waals surface area contributed by atoms with Crippen molar-refractivity contribution in [3.63, 3.8) is 0 Å². The molecule has 2 N–H and O–H groups in total. The van der Waals surface area contributed by atoms with Gasteiger partial charge in [-0.2, -0.15) is 0 Å². The van der Waals surface area contributed by atoms with Gasteiger partial charge in [0.1, 0.15) is 0 Å². The van der Waals surface area contributed by atoms with Gasteiger partial charge in [-0.1, -0.05) is 75.4 Å². The van der Waals surface area contributed by atoms with Crippen molar-refractivity contribution < 1.29 is 19.4 Å². The van der Waals surface area contributed by atoms with Crippen molar-refractivity contribution >= 4 is 11.6 Å². The monoisotopic (exact) mass is 554 g/mol. The van der Waals surface area contributed by atoms with Crippen LogP contribution in [0, 0.1) is 10.8 Å². The molecular formula is C35H42N2O4. The highest BCUT2D eigenvalue weighted by molar-refractivity contribution is 6.04. The second-order valence-corrected chi connectivity index (χ2v) is 13.4. The van der Waals surface area contributed by atoms with Crippen molar-refractivity contribution in [1.29, 1.82) is 0 Å². The zero-order valence-corrected chi connectivity index (χ0v) is 24.4. The van der Waals surface area contributed by atoms with Crippen LogP contribution in [0.15, 0.2) is 78.9 Å². The molecule has 41 heavy (non-hydrogen) atoms. The molecule has 3 aromatic carbocycles. The summed E-state index contributed by atoms with van der Waals surface area (Å²) in [4.78, 5) is 15.3. The molecular weight excluding hydrogens is 512 g/mol. The minimum Gasteiger partial charge on any atom is -0.392 e. The number of rotatable bonds is 7. The van der Waals surface area contributed by atoms with E-state index >= 15 is 0 Å². The van der Waals surface area contributed by atoms with E-state index in [1.807, 2.05) is 54.6 Å². The number of aliphatic hydroxyl groups excluding tert-OH is 1. The summed E-state index contributed by atoms with van der Waals surface area (Å²) in [6, 6.07) is 25.6. The predicted octanol–water partition coefficient (Wildman–Crippen LogP) is 6.88. The molecule has 0 radical (unpaired) electrons. The van der Waals surface area contributed by atoms with Crippen LogP contribution in [0.25, 0.3) is 0 Å². The lowest BCUT2D eigenvalue weighted by Gasteiger charge is -2.41. The Morgan fingerprint density at radius 2 is 1.63 bits per heavy atom. The third kappa shape index (κ3) is 6.41. The van der Waals surface area contributed by atoms with Crippen molar-refractivity contribution in [3.8, 4) is 0 Å². The van der Waals surface area contributed by atoms with E-state index in [9.17, 15) is 9.90 Å². The third-order valence-corrected chi connectivity index (χ3v) is 9.05. The first-order chi connectivity index (χ1) is 19.7. The third-order valence-electron chi connectivity index (χ3n) is 9.05. The van der Waals surface area contributed by atoms with Gasteiger partial charge in [-0.15, -0.1) is 0 Å². The molecule has 1 saturated carbocycles. The van der Waals surface area contributed by atoms with Gasteiger partial charge in [0.25, 0.3) is 5.91 Å². The highest BCUT2D eigenvalue weighted by atomic mass is 16.7. The molecule has 2 aliphatic heterocycles. The van der Waals surface area contributed by atoms with E-state index in [4.69, 9.17) is 9.47 Å². The molecule has 0 aromatic heterocycles. The number of benzene rings is 3. The molecule has 5 atom stereocenters. The number of amides is 1. The van der Waals surface area contributed by atoms with Gasteiger partial charge in [0.2, 0.25) is 0 Å². The topological polar surface area (TPSA) is 71.0 Å². The molecule has 3 aromatic rings. The first-order valence-electron chi connectivity index (χ1n) is 14.9. The van der Waals surface area contributed by atoms with Gasteiger partial charge in [-0.25, -0.2) is 0 Å². The summed E-state index contributed by atoms with van der Waals surface area (Å²) in [6.45, 7) is 9.33. The first-order valence-corrected chi connectivity index (χ1v) is 14.9. The average molecular weight is 555 g/mol. The number of nitrogens with zero attached hydrogens (tertiary/aromatic N) is 1. The zero-order chi connectivity index (χ0) is 28.6. The number of carbonyl (C=O) groups is 1. The molecule has 3 aliphatic rings. The second kappa shape index (κ2) is 11.3. The smallest absolute Gasteiger partial charge is 0.255 e. The Bertz CT molecular complexity index is 1340. The van der Waals surface area contributed by atoms with Gasteiger partial charge >= 0.3 is 0 Å². The van der Waals surface area contributed by atoms with Crippen molar-refractivity contribution in [2.75, 3.05) is 18.4 Å². The lowest BCUT2D eigenvalue weighted by Crippen LogP contribution is -2.42. The number of ether oxygens (including phenoxy) is 2. The highest BCUT2D eigenvalue weighted by Crippen LogP contribution is 2.53. The minimum atomic E-state index is -0.510. The summed E-state index contributed by atoms with van der Waals surface area (Å²) in [6.07, 6.45) is 3.96. The molecule has 0 spiro atoms. The normalized spacial score (nSPS) is 29.3. The molecule has 1 aliphatic carbocycles. The lowest BCUT2D eigenvalue weighted by molar-refractivity contribution is -0.253. The molecule has 216 valence electrons.